The molecule has 0 unspecified atom stereocenters. The van der Waals surface area contributed by atoms with E-state index in [-0.39, 0.29) is 31.0 Å². The smallest absolute Gasteiger partial charge is 0.311 e. The van der Waals surface area contributed by atoms with Crippen molar-refractivity contribution in [1.29, 1.82) is 0 Å². The van der Waals surface area contributed by atoms with Crippen LogP contribution in [0.3, 0.4) is 0 Å². The highest BCUT2D eigenvalue weighted by Gasteiger charge is 2.37. The van der Waals surface area contributed by atoms with Gasteiger partial charge in [0.2, 0.25) is 5.91 Å². The van der Waals surface area contributed by atoms with E-state index in [1.54, 1.807) is 29.7 Å². The lowest BCUT2D eigenvalue weighted by molar-refractivity contribution is -0.149. The summed E-state index contributed by atoms with van der Waals surface area (Å²) in [5.74, 6) is -0.654. The number of amides is 1. The highest BCUT2D eigenvalue weighted by atomic mass is 32.1. The lowest BCUT2D eigenvalue weighted by Crippen LogP contribution is -2.27. The van der Waals surface area contributed by atoms with Crippen molar-refractivity contribution in [1.82, 2.24) is 9.38 Å². The van der Waals surface area contributed by atoms with Gasteiger partial charge in [-0.15, -0.1) is 11.3 Å². The molecule has 1 aliphatic rings. The van der Waals surface area contributed by atoms with Crippen LogP contribution in [0.4, 0.5) is 5.69 Å². The number of esters is 1. The summed E-state index contributed by atoms with van der Waals surface area (Å²) in [5.41, 5.74) is 1.79. The van der Waals surface area contributed by atoms with Gasteiger partial charge >= 0.3 is 5.97 Å². The summed E-state index contributed by atoms with van der Waals surface area (Å²) >= 11 is 1.33. The standard InChI is InChI=1S/C20H19N3O5S/c1-12-3-4-16(27-2)15(7-12)23-10-13(8-17(23)24)19(26)28-11-14-9-18(25)22-5-6-29-20(22)21-14/h3-7,9,13H,8,10-11H2,1-2H3/t13-/m0/s1. The highest BCUT2D eigenvalue weighted by Crippen LogP contribution is 2.34. The summed E-state index contributed by atoms with van der Waals surface area (Å²) in [4.78, 5) is 43.5. The summed E-state index contributed by atoms with van der Waals surface area (Å²) in [6.07, 6.45) is 1.71. The normalized spacial score (nSPS) is 16.4. The van der Waals surface area contributed by atoms with Gasteiger partial charge in [-0.05, 0) is 24.6 Å². The Morgan fingerprint density at radius 3 is 2.93 bits per heavy atom. The van der Waals surface area contributed by atoms with E-state index in [0.29, 0.717) is 22.1 Å². The van der Waals surface area contributed by atoms with E-state index >= 15 is 0 Å². The molecule has 0 aliphatic carbocycles. The van der Waals surface area contributed by atoms with Crippen molar-refractivity contribution in [2.75, 3.05) is 18.6 Å². The predicted molar refractivity (Wildman–Crippen MR) is 107 cm³/mol. The minimum atomic E-state index is -0.584. The molecular weight excluding hydrogens is 394 g/mol. The first-order valence-corrected chi connectivity index (χ1v) is 9.91. The molecule has 2 aromatic heterocycles. The van der Waals surface area contributed by atoms with Gasteiger partial charge in [0.05, 0.1) is 24.4 Å². The van der Waals surface area contributed by atoms with Gasteiger partial charge in [-0.3, -0.25) is 18.8 Å². The number of hydrogen-bond acceptors (Lipinski definition) is 7. The van der Waals surface area contributed by atoms with Gasteiger partial charge < -0.3 is 14.4 Å². The molecule has 0 spiro atoms. The number of carbonyl (C=O) groups excluding carboxylic acids is 2. The second-order valence-corrected chi connectivity index (χ2v) is 7.70. The number of fused-ring (bicyclic) bond motifs is 1. The van der Waals surface area contributed by atoms with Crippen molar-refractivity contribution in [3.05, 3.63) is 57.5 Å². The Kier molecular flexibility index (Phi) is 5.06. The number of nitrogens with zero attached hydrogens (tertiary/aromatic N) is 3. The molecule has 0 bridgehead atoms. The zero-order valence-electron chi connectivity index (χ0n) is 16.0. The molecule has 0 N–H and O–H groups in total. The lowest BCUT2D eigenvalue weighted by Gasteiger charge is -2.20. The second-order valence-electron chi connectivity index (χ2n) is 6.83. The minimum absolute atomic E-state index is 0.0655. The minimum Gasteiger partial charge on any atom is -0.495 e. The summed E-state index contributed by atoms with van der Waals surface area (Å²) in [7, 11) is 1.54. The number of methoxy groups -OCH3 is 1. The van der Waals surface area contributed by atoms with Gasteiger partial charge in [0.25, 0.3) is 5.56 Å². The fraction of sp³-hybridized carbons (Fsp3) is 0.300. The third kappa shape index (κ3) is 3.73. The average molecular weight is 413 g/mol. The van der Waals surface area contributed by atoms with E-state index in [1.165, 1.54) is 21.8 Å². The number of aryl methyl sites for hydroxylation is 1. The highest BCUT2D eigenvalue weighted by molar-refractivity contribution is 7.15. The first-order valence-electron chi connectivity index (χ1n) is 9.03. The molecule has 1 amide bonds. The van der Waals surface area contributed by atoms with Crippen molar-refractivity contribution >= 4 is 33.9 Å². The quantitative estimate of drug-likeness (QED) is 0.596. The number of hydrogen-bond donors (Lipinski definition) is 0. The fourth-order valence-corrected chi connectivity index (χ4v) is 4.07. The molecule has 1 aromatic carbocycles. The van der Waals surface area contributed by atoms with Crippen LogP contribution in [0.25, 0.3) is 4.96 Å². The molecule has 3 heterocycles. The SMILES string of the molecule is COc1ccc(C)cc1N1C[C@@H](C(=O)OCc2cc(=O)n3ccsc3n2)CC1=O. The van der Waals surface area contributed by atoms with Crippen LogP contribution in [0.1, 0.15) is 17.7 Å². The van der Waals surface area contributed by atoms with Crippen molar-refractivity contribution < 1.29 is 19.1 Å². The molecule has 1 atom stereocenters. The van der Waals surface area contributed by atoms with Crippen LogP contribution in [-0.4, -0.2) is 34.9 Å². The van der Waals surface area contributed by atoms with E-state index in [2.05, 4.69) is 4.98 Å². The summed E-state index contributed by atoms with van der Waals surface area (Å²) < 4.78 is 12.1. The molecule has 150 valence electrons. The van der Waals surface area contributed by atoms with Gasteiger partial charge in [-0.25, -0.2) is 4.98 Å². The number of thiazole rings is 1. The first kappa shape index (κ1) is 19.1. The van der Waals surface area contributed by atoms with Crippen molar-refractivity contribution in [2.24, 2.45) is 5.92 Å². The molecule has 1 aliphatic heterocycles. The number of aromatic nitrogens is 2. The predicted octanol–water partition coefficient (Wildman–Crippen LogP) is 2.17. The molecule has 1 fully saturated rings. The Balaban J connectivity index is 1.45. The first-order chi connectivity index (χ1) is 14.0. The van der Waals surface area contributed by atoms with Crippen LogP contribution >= 0.6 is 11.3 Å². The Bertz CT molecular complexity index is 1150. The van der Waals surface area contributed by atoms with Gasteiger partial charge in [0.15, 0.2) is 4.96 Å². The number of benzene rings is 1. The summed E-state index contributed by atoms with van der Waals surface area (Å²) in [5, 5.41) is 1.76. The van der Waals surface area contributed by atoms with Crippen molar-refractivity contribution in [3.63, 3.8) is 0 Å². The van der Waals surface area contributed by atoms with E-state index < -0.39 is 11.9 Å². The van der Waals surface area contributed by atoms with E-state index in [4.69, 9.17) is 9.47 Å². The molecule has 8 nitrogen and oxygen atoms in total. The van der Waals surface area contributed by atoms with Gasteiger partial charge in [0.1, 0.15) is 12.4 Å². The van der Waals surface area contributed by atoms with E-state index in [1.807, 2.05) is 19.1 Å². The van der Waals surface area contributed by atoms with Gasteiger partial charge in [-0.2, -0.15) is 0 Å². The maximum Gasteiger partial charge on any atom is 0.311 e. The number of rotatable bonds is 5. The third-order valence-corrected chi connectivity index (χ3v) is 5.56. The van der Waals surface area contributed by atoms with Crippen LogP contribution in [0, 0.1) is 12.8 Å². The zero-order chi connectivity index (χ0) is 20.5. The zero-order valence-corrected chi connectivity index (χ0v) is 16.8. The van der Waals surface area contributed by atoms with Crippen molar-refractivity contribution in [3.8, 4) is 5.75 Å². The van der Waals surface area contributed by atoms with Crippen LogP contribution in [0.15, 0.2) is 40.6 Å². The Morgan fingerprint density at radius 2 is 2.14 bits per heavy atom. The van der Waals surface area contributed by atoms with E-state index in [9.17, 15) is 14.4 Å². The molecular formula is C20H19N3O5S. The largest absolute Gasteiger partial charge is 0.495 e. The Labute approximate surface area is 170 Å². The van der Waals surface area contributed by atoms with Gasteiger partial charge in [0, 0.05) is 30.6 Å². The lowest BCUT2D eigenvalue weighted by atomic mass is 10.1. The fourth-order valence-electron chi connectivity index (χ4n) is 3.33. The van der Waals surface area contributed by atoms with E-state index in [0.717, 1.165) is 5.56 Å². The molecule has 9 heteroatoms. The van der Waals surface area contributed by atoms with Crippen LogP contribution in [0.5, 0.6) is 5.75 Å². The third-order valence-electron chi connectivity index (χ3n) is 4.80. The molecule has 0 radical (unpaired) electrons. The number of ether oxygens (including phenoxy) is 2. The second kappa shape index (κ2) is 7.67. The van der Waals surface area contributed by atoms with Gasteiger partial charge in [-0.1, -0.05) is 6.07 Å². The Morgan fingerprint density at radius 1 is 1.31 bits per heavy atom. The Hall–Kier alpha value is -3.20. The molecule has 3 aromatic rings. The monoisotopic (exact) mass is 413 g/mol. The van der Waals surface area contributed by atoms with Crippen LogP contribution in [-0.2, 0) is 20.9 Å². The summed E-state index contributed by atoms with van der Waals surface area (Å²) in [6, 6.07) is 6.90. The topological polar surface area (TPSA) is 90.2 Å². The maximum absolute atomic E-state index is 12.5. The molecule has 29 heavy (non-hydrogen) atoms. The van der Waals surface area contributed by atoms with Crippen LogP contribution in [0.2, 0.25) is 0 Å². The summed E-state index contributed by atoms with van der Waals surface area (Å²) in [6.45, 7) is 2.04. The number of carbonyl (C=O) groups is 2. The average Bonchev–Trinajstić information content (AvgIpc) is 3.33. The van der Waals surface area contributed by atoms with Crippen LogP contribution < -0.4 is 15.2 Å². The molecule has 4 rings (SSSR count). The molecule has 1 saturated heterocycles. The maximum atomic E-state index is 12.5. The van der Waals surface area contributed by atoms with Crippen molar-refractivity contribution in [2.45, 2.75) is 20.0 Å². The molecule has 0 saturated carbocycles. The number of anilines is 1.